The number of unbranched alkanes of at least 4 members (excludes halogenated alkanes) is 1. The van der Waals surface area contributed by atoms with Gasteiger partial charge in [-0.25, -0.2) is 0 Å². The molecule has 0 spiro atoms. The van der Waals surface area contributed by atoms with E-state index in [-0.39, 0.29) is 36.4 Å². The van der Waals surface area contributed by atoms with Crippen molar-refractivity contribution in [2.24, 2.45) is 28.6 Å². The molecule has 0 aromatic carbocycles. The number of carbonyl (C=O) groups excluding carboxylic acids is 3. The van der Waals surface area contributed by atoms with Crippen molar-refractivity contribution in [1.29, 1.82) is 0 Å². The van der Waals surface area contributed by atoms with Gasteiger partial charge in [0, 0.05) is 23.2 Å². The van der Waals surface area contributed by atoms with Gasteiger partial charge in [-0.15, -0.1) is 0 Å². The third-order valence-corrected chi connectivity index (χ3v) is 11.7. The molecule has 6 nitrogen and oxygen atoms in total. The van der Waals surface area contributed by atoms with E-state index in [1.165, 1.54) is 0 Å². The zero-order chi connectivity index (χ0) is 25.1. The van der Waals surface area contributed by atoms with Crippen LogP contribution in [0.2, 0.25) is 0 Å². The van der Waals surface area contributed by atoms with Crippen LogP contribution in [0.15, 0.2) is 23.8 Å². The molecule has 0 saturated heterocycles. The molecule has 0 bridgehead atoms. The number of alkyl halides is 1. The summed E-state index contributed by atoms with van der Waals surface area (Å²) < 4.78 is 5.39. The van der Waals surface area contributed by atoms with Gasteiger partial charge in [-0.1, -0.05) is 61.7 Å². The number of hydrogen-bond acceptors (Lipinski definition) is 6. The first-order valence-electron chi connectivity index (χ1n) is 12.6. The van der Waals surface area contributed by atoms with Crippen molar-refractivity contribution in [2.75, 3.05) is 6.61 Å². The molecule has 4 aliphatic carbocycles. The van der Waals surface area contributed by atoms with Crippen LogP contribution < -0.4 is 0 Å². The molecule has 4 rings (SSSR count). The van der Waals surface area contributed by atoms with E-state index in [2.05, 4.69) is 22.9 Å². The second-order valence-corrected chi connectivity index (χ2v) is 12.6. The highest BCUT2D eigenvalue weighted by Crippen LogP contribution is 2.72. The average molecular weight is 537 g/mol. The van der Waals surface area contributed by atoms with E-state index in [0.717, 1.165) is 24.8 Å². The zero-order valence-electron chi connectivity index (χ0n) is 20.6. The van der Waals surface area contributed by atoms with E-state index in [9.17, 15) is 24.6 Å². The van der Waals surface area contributed by atoms with Gasteiger partial charge in [0.2, 0.25) is 5.78 Å². The first-order valence-corrected chi connectivity index (χ1v) is 13.4. The quantitative estimate of drug-likeness (QED) is 0.392. The first-order chi connectivity index (χ1) is 15.9. The lowest BCUT2D eigenvalue weighted by molar-refractivity contribution is -0.202. The number of ketones is 2. The lowest BCUT2D eigenvalue weighted by Gasteiger charge is -2.64. The second-order valence-electron chi connectivity index (χ2n) is 11.3. The monoisotopic (exact) mass is 536 g/mol. The van der Waals surface area contributed by atoms with Crippen LogP contribution in [0.4, 0.5) is 0 Å². The van der Waals surface area contributed by atoms with E-state index in [4.69, 9.17) is 4.74 Å². The topological polar surface area (TPSA) is 101 Å². The van der Waals surface area contributed by atoms with Crippen LogP contribution in [0.25, 0.3) is 0 Å². The molecule has 3 fully saturated rings. The summed E-state index contributed by atoms with van der Waals surface area (Å²) in [6, 6.07) is 0. The Hall–Kier alpha value is -1.31. The minimum atomic E-state index is -1.47. The number of ether oxygens (including phenoxy) is 1. The lowest BCUT2D eigenvalue weighted by Crippen LogP contribution is -2.69. The van der Waals surface area contributed by atoms with E-state index in [1.54, 1.807) is 12.2 Å². The Labute approximate surface area is 210 Å². The van der Waals surface area contributed by atoms with Crippen LogP contribution >= 0.6 is 15.9 Å². The maximum atomic E-state index is 13.4. The van der Waals surface area contributed by atoms with E-state index in [1.807, 2.05) is 26.8 Å². The molecule has 0 heterocycles. The van der Waals surface area contributed by atoms with Gasteiger partial charge in [0.05, 0.1) is 10.4 Å². The van der Waals surface area contributed by atoms with Gasteiger partial charge in [-0.2, -0.15) is 0 Å². The molecular formula is C27H37BrO6. The predicted molar refractivity (Wildman–Crippen MR) is 131 cm³/mol. The van der Waals surface area contributed by atoms with Gasteiger partial charge >= 0.3 is 5.97 Å². The van der Waals surface area contributed by atoms with Crippen LogP contribution in [-0.4, -0.2) is 50.4 Å². The molecule has 0 amide bonds. The number of Topliss-reactive ketones (excluding diaryl/α,β-unsaturated/α-hetero) is 1. The molecule has 0 aliphatic heterocycles. The maximum absolute atomic E-state index is 13.4. The van der Waals surface area contributed by atoms with Gasteiger partial charge in [0.1, 0.15) is 6.61 Å². The largest absolute Gasteiger partial charge is 0.450 e. The van der Waals surface area contributed by atoms with E-state index in [0.29, 0.717) is 12.8 Å². The summed E-state index contributed by atoms with van der Waals surface area (Å²) in [4.78, 5) is 38.4. The van der Waals surface area contributed by atoms with Crippen LogP contribution in [0.1, 0.15) is 72.6 Å². The number of allylic oxidation sites excluding steroid dienone is 4. The predicted octanol–water partition coefficient (Wildman–Crippen LogP) is 4.06. The molecular weight excluding hydrogens is 500 g/mol. The Morgan fingerprint density at radius 2 is 1.97 bits per heavy atom. The van der Waals surface area contributed by atoms with E-state index >= 15 is 0 Å². The Morgan fingerprint density at radius 3 is 2.62 bits per heavy atom. The first kappa shape index (κ1) is 25.8. The number of aliphatic hydroxyl groups excluding tert-OH is 2. The minimum Gasteiger partial charge on any atom is -0.450 e. The molecule has 4 aliphatic rings. The van der Waals surface area contributed by atoms with Crippen LogP contribution in [0.5, 0.6) is 0 Å². The Balaban J connectivity index is 1.80. The average Bonchev–Trinajstić information content (AvgIpc) is 3.00. The summed E-state index contributed by atoms with van der Waals surface area (Å²) in [7, 11) is 0. The maximum Gasteiger partial charge on any atom is 0.306 e. The fourth-order valence-electron chi connectivity index (χ4n) is 8.07. The molecule has 2 N–H and O–H groups in total. The fourth-order valence-corrected chi connectivity index (χ4v) is 9.16. The number of rotatable bonds is 6. The molecule has 0 aromatic rings. The Kier molecular flexibility index (Phi) is 6.57. The van der Waals surface area contributed by atoms with Crippen molar-refractivity contribution in [3.8, 4) is 0 Å². The molecule has 0 aromatic heterocycles. The minimum absolute atomic E-state index is 0.00795. The number of aliphatic hydroxyl groups is 2. The van der Waals surface area contributed by atoms with Crippen LogP contribution in [0.3, 0.4) is 0 Å². The lowest BCUT2D eigenvalue weighted by atomic mass is 9.46. The van der Waals surface area contributed by atoms with Gasteiger partial charge in [0.15, 0.2) is 11.4 Å². The molecule has 34 heavy (non-hydrogen) atoms. The van der Waals surface area contributed by atoms with Gasteiger partial charge in [-0.3, -0.25) is 14.4 Å². The summed E-state index contributed by atoms with van der Waals surface area (Å²) in [6.07, 6.45) is 8.49. The van der Waals surface area contributed by atoms with Gasteiger partial charge < -0.3 is 14.9 Å². The SMILES string of the molecule is CCCCC(=O)O[C@@]1(C(=O)CO)[C@H](C)C[C@@H]2[C@@H]3CCC4=CC(=O)C=C[C@]4(C)[C@@]3(Br)[C@@H](O)C[C@]21C. The molecule has 0 unspecified atom stereocenters. The summed E-state index contributed by atoms with van der Waals surface area (Å²) >= 11 is 4.02. The van der Waals surface area contributed by atoms with Crippen molar-refractivity contribution < 1.29 is 29.3 Å². The second kappa shape index (κ2) is 8.67. The van der Waals surface area contributed by atoms with Crippen molar-refractivity contribution in [1.82, 2.24) is 0 Å². The van der Waals surface area contributed by atoms with Crippen molar-refractivity contribution in [3.63, 3.8) is 0 Å². The van der Waals surface area contributed by atoms with Crippen molar-refractivity contribution in [3.05, 3.63) is 23.8 Å². The molecule has 7 heteroatoms. The highest BCUT2D eigenvalue weighted by Gasteiger charge is 2.76. The number of halogens is 1. The summed E-state index contributed by atoms with van der Waals surface area (Å²) in [5.41, 5.74) is -1.81. The molecule has 8 atom stereocenters. The normalized spacial score (nSPS) is 45.1. The standard InChI is InChI=1S/C27H37BrO6/c1-5-6-7-23(33)34-27(22(32)15-29)16(2)12-20-19-9-8-17-13-18(30)10-11-24(17,3)26(19,28)21(31)14-25(20,27)4/h10-11,13,16,19-21,29,31H,5-9,12,14-15H2,1-4H3/t16-,19+,20-,21+,24+,25-,26+,27-/m1/s1. The summed E-state index contributed by atoms with van der Waals surface area (Å²) in [5, 5.41) is 21.8. The molecule has 188 valence electrons. The molecule has 0 radical (unpaired) electrons. The van der Waals surface area contributed by atoms with Gasteiger partial charge in [0.25, 0.3) is 0 Å². The highest BCUT2D eigenvalue weighted by atomic mass is 79.9. The van der Waals surface area contributed by atoms with Crippen LogP contribution in [0, 0.1) is 28.6 Å². The number of fused-ring (bicyclic) bond motifs is 5. The van der Waals surface area contributed by atoms with Crippen molar-refractivity contribution in [2.45, 2.75) is 88.7 Å². The number of esters is 1. The van der Waals surface area contributed by atoms with E-state index < -0.39 is 45.2 Å². The van der Waals surface area contributed by atoms with Gasteiger partial charge in [-0.05, 0) is 56.1 Å². The van der Waals surface area contributed by atoms with Crippen molar-refractivity contribution >= 4 is 33.5 Å². The van der Waals surface area contributed by atoms with Crippen LogP contribution in [-0.2, 0) is 19.1 Å². The Bertz CT molecular complexity index is 957. The highest BCUT2D eigenvalue weighted by molar-refractivity contribution is 9.10. The third-order valence-electron chi connectivity index (χ3n) is 9.75. The Morgan fingerprint density at radius 1 is 1.26 bits per heavy atom. The number of hydrogen-bond donors (Lipinski definition) is 2. The summed E-state index contributed by atoms with van der Waals surface area (Å²) in [6.45, 7) is 7.25. The zero-order valence-corrected chi connectivity index (χ0v) is 22.2. The summed E-state index contributed by atoms with van der Waals surface area (Å²) in [5.74, 6) is -1.23. The number of carbonyl (C=O) groups is 3. The third kappa shape index (κ3) is 3.22. The smallest absolute Gasteiger partial charge is 0.306 e. The molecule has 3 saturated carbocycles. The fraction of sp³-hybridized carbons (Fsp3) is 0.741.